The molecule has 2 aromatic carbocycles. The maximum Gasteiger partial charge on any atom is 0.279 e. The molecule has 1 aromatic heterocycles. The summed E-state index contributed by atoms with van der Waals surface area (Å²) in [5, 5.41) is 0. The molecular weight excluding hydrogens is 470 g/mol. The van der Waals surface area contributed by atoms with E-state index in [0.717, 1.165) is 36.0 Å². The van der Waals surface area contributed by atoms with Crippen LogP contribution in [0.1, 0.15) is 47.7 Å². The van der Waals surface area contributed by atoms with Gasteiger partial charge in [0.25, 0.3) is 5.91 Å². The number of benzene rings is 2. The summed E-state index contributed by atoms with van der Waals surface area (Å²) >= 11 is 1.50. The van der Waals surface area contributed by atoms with Gasteiger partial charge in [-0.2, -0.15) is 9.30 Å². The highest BCUT2D eigenvalue weighted by atomic mass is 32.2. The quantitative estimate of drug-likeness (QED) is 0.484. The maximum absolute atomic E-state index is 13.0. The topological polar surface area (TPSA) is 81.0 Å². The Morgan fingerprint density at radius 2 is 1.91 bits per heavy atom. The van der Waals surface area contributed by atoms with Crippen molar-refractivity contribution >= 4 is 37.5 Å². The summed E-state index contributed by atoms with van der Waals surface area (Å²) in [5.41, 5.74) is 3.84. The molecule has 0 N–H and O–H groups in total. The number of hydrogen-bond donors (Lipinski definition) is 0. The summed E-state index contributed by atoms with van der Waals surface area (Å²) in [6.07, 6.45) is 2.68. The lowest BCUT2D eigenvalue weighted by Crippen LogP contribution is -2.34. The molecule has 1 aliphatic rings. The minimum atomic E-state index is -3.66. The summed E-state index contributed by atoms with van der Waals surface area (Å²) in [4.78, 5) is 18.2. The van der Waals surface area contributed by atoms with Crippen molar-refractivity contribution in [1.82, 2.24) is 8.87 Å². The van der Waals surface area contributed by atoms with Crippen LogP contribution in [0.25, 0.3) is 10.2 Å². The zero-order valence-electron chi connectivity index (χ0n) is 20.1. The third kappa shape index (κ3) is 5.02. The van der Waals surface area contributed by atoms with Gasteiger partial charge in [-0.3, -0.25) is 4.79 Å². The molecule has 7 nitrogen and oxygen atoms in total. The highest BCUT2D eigenvalue weighted by Gasteiger charge is 2.26. The first-order valence-electron chi connectivity index (χ1n) is 11.6. The third-order valence-corrected chi connectivity index (χ3v) is 9.12. The van der Waals surface area contributed by atoms with E-state index in [1.165, 1.54) is 51.0 Å². The van der Waals surface area contributed by atoms with Crippen molar-refractivity contribution in [3.05, 3.63) is 57.9 Å². The van der Waals surface area contributed by atoms with Gasteiger partial charge in [0.1, 0.15) is 0 Å². The number of carbonyl (C=O) groups is 1. The first-order valence-corrected chi connectivity index (χ1v) is 13.8. The molecule has 0 bridgehead atoms. The Balaban J connectivity index is 1.60. The maximum atomic E-state index is 13.0. The van der Waals surface area contributed by atoms with Crippen LogP contribution in [0.2, 0.25) is 0 Å². The highest BCUT2D eigenvalue weighted by Crippen LogP contribution is 2.23. The van der Waals surface area contributed by atoms with Crippen LogP contribution in [-0.2, 0) is 21.3 Å². The molecule has 1 aliphatic heterocycles. The lowest BCUT2D eigenvalue weighted by Gasteiger charge is -2.20. The molecule has 0 saturated carbocycles. The van der Waals surface area contributed by atoms with Crippen molar-refractivity contribution in [2.75, 3.05) is 20.2 Å². The second-order valence-electron chi connectivity index (χ2n) is 8.80. The number of thiazole rings is 1. The number of aryl methyl sites for hydroxylation is 3. The first-order chi connectivity index (χ1) is 16.2. The standard InChI is InChI=1S/C25H31N3O4S2/c1-5-12-28-22-14-17(2)18(3)15-23(22)33-25(28)26-24(29)19-8-10-21(11-9-19)34(30,31)27(4)16-20-7-6-13-32-20/h8-11,14-15,20H,5-7,12-13,16H2,1-4H3. The van der Waals surface area contributed by atoms with E-state index in [1.807, 2.05) is 0 Å². The van der Waals surface area contributed by atoms with Gasteiger partial charge in [-0.15, -0.1) is 0 Å². The summed E-state index contributed by atoms with van der Waals surface area (Å²) in [6, 6.07) is 10.3. The second kappa shape index (κ2) is 10.1. The summed E-state index contributed by atoms with van der Waals surface area (Å²) in [7, 11) is -2.10. The molecular formula is C25H31N3O4S2. The number of carbonyl (C=O) groups excluding carboxylic acids is 1. The predicted octanol–water partition coefficient (Wildman–Crippen LogP) is 4.27. The van der Waals surface area contributed by atoms with Crippen molar-refractivity contribution in [2.24, 2.45) is 4.99 Å². The van der Waals surface area contributed by atoms with Crippen molar-refractivity contribution in [3.63, 3.8) is 0 Å². The molecule has 0 spiro atoms. The molecule has 1 atom stereocenters. The van der Waals surface area contributed by atoms with Gasteiger partial charge in [-0.25, -0.2) is 8.42 Å². The van der Waals surface area contributed by atoms with E-state index < -0.39 is 10.0 Å². The normalized spacial score (nSPS) is 17.2. The Kier molecular flexibility index (Phi) is 7.37. The number of nitrogens with zero attached hydrogens (tertiary/aromatic N) is 3. The molecule has 2 heterocycles. The molecule has 9 heteroatoms. The van der Waals surface area contributed by atoms with Gasteiger partial charge < -0.3 is 9.30 Å². The minimum Gasteiger partial charge on any atom is -0.377 e. The molecule has 1 unspecified atom stereocenters. The fourth-order valence-electron chi connectivity index (χ4n) is 4.12. The highest BCUT2D eigenvalue weighted by molar-refractivity contribution is 7.89. The van der Waals surface area contributed by atoms with Crippen molar-refractivity contribution < 1.29 is 17.9 Å². The SMILES string of the molecule is CCCn1c(=NC(=O)c2ccc(S(=O)(=O)N(C)CC3CCCO3)cc2)sc2cc(C)c(C)cc21. The van der Waals surface area contributed by atoms with E-state index in [1.54, 1.807) is 7.05 Å². The fraction of sp³-hybridized carbons (Fsp3) is 0.440. The van der Waals surface area contributed by atoms with E-state index in [-0.39, 0.29) is 16.9 Å². The van der Waals surface area contributed by atoms with E-state index in [0.29, 0.717) is 23.5 Å². The zero-order chi connectivity index (χ0) is 24.5. The van der Waals surface area contributed by atoms with Crippen molar-refractivity contribution in [2.45, 2.75) is 57.6 Å². The molecule has 4 rings (SSSR count). The summed E-state index contributed by atoms with van der Waals surface area (Å²) in [5.74, 6) is -0.387. The van der Waals surface area contributed by atoms with Crippen LogP contribution in [0.3, 0.4) is 0 Å². The number of fused-ring (bicyclic) bond motifs is 1. The lowest BCUT2D eigenvalue weighted by molar-refractivity contribution is 0.0979. The van der Waals surface area contributed by atoms with Crippen LogP contribution in [0.4, 0.5) is 0 Å². The first kappa shape index (κ1) is 24.8. The molecule has 1 fully saturated rings. The van der Waals surface area contributed by atoms with Gasteiger partial charge in [-0.05, 0) is 80.6 Å². The number of aromatic nitrogens is 1. The monoisotopic (exact) mass is 501 g/mol. The lowest BCUT2D eigenvalue weighted by atomic mass is 10.1. The summed E-state index contributed by atoms with van der Waals surface area (Å²) < 4.78 is 35.9. The van der Waals surface area contributed by atoms with Crippen LogP contribution in [-0.4, -0.2) is 49.5 Å². The number of rotatable bonds is 7. The Morgan fingerprint density at radius 3 is 2.56 bits per heavy atom. The van der Waals surface area contributed by atoms with E-state index >= 15 is 0 Å². The van der Waals surface area contributed by atoms with Crippen molar-refractivity contribution in [3.8, 4) is 0 Å². The van der Waals surface area contributed by atoms with Crippen LogP contribution >= 0.6 is 11.3 Å². The molecule has 1 amide bonds. The average Bonchev–Trinajstić information content (AvgIpc) is 3.43. The zero-order valence-corrected chi connectivity index (χ0v) is 21.7. The second-order valence-corrected chi connectivity index (χ2v) is 11.9. The molecule has 0 radical (unpaired) electrons. The Hall–Kier alpha value is -2.33. The fourth-order valence-corrected chi connectivity index (χ4v) is 6.46. The number of ether oxygens (including phenoxy) is 1. The molecule has 0 aliphatic carbocycles. The van der Waals surface area contributed by atoms with Gasteiger partial charge in [0, 0.05) is 32.3 Å². The largest absolute Gasteiger partial charge is 0.377 e. The van der Waals surface area contributed by atoms with Crippen LogP contribution in [0.5, 0.6) is 0 Å². The molecule has 1 saturated heterocycles. The van der Waals surface area contributed by atoms with E-state index in [4.69, 9.17) is 4.74 Å². The van der Waals surface area contributed by atoms with Gasteiger partial charge in [0.05, 0.1) is 21.2 Å². The Morgan fingerprint density at radius 1 is 1.21 bits per heavy atom. The van der Waals surface area contributed by atoms with Crippen LogP contribution in [0.15, 0.2) is 46.3 Å². The van der Waals surface area contributed by atoms with Gasteiger partial charge >= 0.3 is 0 Å². The Labute approximate surface area is 204 Å². The number of amides is 1. The number of hydrogen-bond acceptors (Lipinski definition) is 5. The minimum absolute atomic E-state index is 0.0665. The van der Waals surface area contributed by atoms with Crippen molar-refractivity contribution in [1.29, 1.82) is 0 Å². The van der Waals surface area contributed by atoms with E-state index in [2.05, 4.69) is 42.5 Å². The Bertz CT molecular complexity index is 1370. The third-order valence-electron chi connectivity index (χ3n) is 6.24. The van der Waals surface area contributed by atoms with Gasteiger partial charge in [-0.1, -0.05) is 18.3 Å². The molecule has 34 heavy (non-hydrogen) atoms. The van der Waals surface area contributed by atoms with Gasteiger partial charge in [0.15, 0.2) is 4.80 Å². The van der Waals surface area contributed by atoms with Gasteiger partial charge in [0.2, 0.25) is 10.0 Å². The predicted molar refractivity (Wildman–Crippen MR) is 135 cm³/mol. The van der Waals surface area contributed by atoms with E-state index in [9.17, 15) is 13.2 Å². The van der Waals surface area contributed by atoms with Crippen LogP contribution < -0.4 is 4.80 Å². The number of sulfonamides is 1. The van der Waals surface area contributed by atoms with Crippen LogP contribution in [0, 0.1) is 13.8 Å². The molecule has 3 aromatic rings. The smallest absolute Gasteiger partial charge is 0.279 e. The summed E-state index contributed by atoms with van der Waals surface area (Å²) in [6.45, 7) is 8.02. The molecule has 182 valence electrons. The number of likely N-dealkylation sites (N-methyl/N-ethyl adjacent to an activating group) is 1. The average molecular weight is 502 g/mol.